The van der Waals surface area contributed by atoms with Gasteiger partial charge in [0.15, 0.2) is 6.61 Å². The number of ether oxygens (including phenoxy) is 1. The molecule has 0 atom stereocenters. The van der Waals surface area contributed by atoms with Gasteiger partial charge in [-0.1, -0.05) is 72.8 Å². The fraction of sp³-hybridized carbons (Fsp3) is 0.130. The van der Waals surface area contributed by atoms with Crippen molar-refractivity contribution in [1.29, 1.82) is 0 Å². The molecule has 2 N–H and O–H groups in total. The first-order valence-corrected chi connectivity index (χ1v) is 9.03. The van der Waals surface area contributed by atoms with E-state index in [-0.39, 0.29) is 18.9 Å². The molecule has 0 saturated heterocycles. The van der Waals surface area contributed by atoms with E-state index in [1.54, 1.807) is 0 Å². The van der Waals surface area contributed by atoms with Crippen molar-refractivity contribution in [1.82, 2.24) is 10.9 Å². The minimum Gasteiger partial charge on any atom is -0.483 e. The number of carbonyl (C=O) groups is 2. The maximum absolute atomic E-state index is 12.0. The third kappa shape index (κ3) is 5.20. The predicted octanol–water partition coefficient (Wildman–Crippen LogP) is 3.43. The van der Waals surface area contributed by atoms with Crippen LogP contribution in [0.4, 0.5) is 0 Å². The second-order valence-corrected chi connectivity index (χ2v) is 6.35. The van der Waals surface area contributed by atoms with E-state index in [9.17, 15) is 9.59 Å². The highest BCUT2D eigenvalue weighted by Crippen LogP contribution is 2.29. The van der Waals surface area contributed by atoms with Gasteiger partial charge < -0.3 is 4.74 Å². The number of hydrogen-bond donors (Lipinski definition) is 2. The van der Waals surface area contributed by atoms with Crippen molar-refractivity contribution in [3.63, 3.8) is 0 Å². The maximum atomic E-state index is 12.0. The van der Waals surface area contributed by atoms with Gasteiger partial charge in [0.2, 0.25) is 5.91 Å². The number of nitrogens with one attached hydrogen (secondary N) is 2. The number of carbonyl (C=O) groups excluding carboxylic acids is 2. The first-order chi connectivity index (χ1) is 13.6. The minimum atomic E-state index is -0.430. The molecule has 0 aliphatic carbocycles. The summed E-state index contributed by atoms with van der Waals surface area (Å²) in [4.78, 5) is 24.1. The standard InChI is InChI=1S/C23H22N2O3/c1-17-9-5-6-12-19(17)15-22(26)24-25-23(27)16-28-21-14-8-7-13-20(21)18-10-3-2-4-11-18/h2-14H,15-16H2,1H3,(H,24,26)(H,25,27). The van der Waals surface area contributed by atoms with E-state index < -0.39 is 5.91 Å². The second kappa shape index (κ2) is 9.37. The summed E-state index contributed by atoms with van der Waals surface area (Å²) >= 11 is 0. The molecular weight excluding hydrogens is 352 g/mol. The van der Waals surface area contributed by atoms with E-state index in [2.05, 4.69) is 10.9 Å². The Morgan fingerprint density at radius 2 is 1.43 bits per heavy atom. The largest absolute Gasteiger partial charge is 0.483 e. The van der Waals surface area contributed by atoms with Gasteiger partial charge in [-0.3, -0.25) is 20.4 Å². The molecule has 0 heterocycles. The van der Waals surface area contributed by atoms with E-state index in [1.807, 2.05) is 85.8 Å². The van der Waals surface area contributed by atoms with Crippen molar-refractivity contribution in [2.75, 3.05) is 6.61 Å². The highest BCUT2D eigenvalue weighted by molar-refractivity contribution is 5.84. The molecule has 3 aromatic carbocycles. The number of amides is 2. The average molecular weight is 374 g/mol. The molecule has 28 heavy (non-hydrogen) atoms. The first-order valence-electron chi connectivity index (χ1n) is 9.03. The van der Waals surface area contributed by atoms with Crippen LogP contribution in [0.25, 0.3) is 11.1 Å². The van der Waals surface area contributed by atoms with Crippen molar-refractivity contribution in [3.8, 4) is 16.9 Å². The lowest BCUT2D eigenvalue weighted by molar-refractivity contribution is -0.129. The fourth-order valence-corrected chi connectivity index (χ4v) is 2.79. The lowest BCUT2D eigenvalue weighted by atomic mass is 10.1. The van der Waals surface area contributed by atoms with Crippen LogP contribution in [0.2, 0.25) is 0 Å². The van der Waals surface area contributed by atoms with Crippen LogP contribution in [0.1, 0.15) is 11.1 Å². The van der Waals surface area contributed by atoms with Gasteiger partial charge in [-0.05, 0) is 29.7 Å². The van der Waals surface area contributed by atoms with Crippen LogP contribution in [0.3, 0.4) is 0 Å². The Kier molecular flexibility index (Phi) is 6.41. The van der Waals surface area contributed by atoms with E-state index in [1.165, 1.54) is 0 Å². The van der Waals surface area contributed by atoms with Crippen LogP contribution in [0, 0.1) is 6.92 Å². The lowest BCUT2D eigenvalue weighted by Crippen LogP contribution is -2.44. The normalized spacial score (nSPS) is 10.2. The van der Waals surface area contributed by atoms with E-state index in [0.29, 0.717) is 5.75 Å². The van der Waals surface area contributed by atoms with Crippen LogP contribution < -0.4 is 15.6 Å². The quantitative estimate of drug-likeness (QED) is 0.650. The van der Waals surface area contributed by atoms with Crippen LogP contribution in [-0.2, 0) is 16.0 Å². The highest BCUT2D eigenvalue weighted by atomic mass is 16.5. The Balaban J connectivity index is 1.51. The van der Waals surface area contributed by atoms with Gasteiger partial charge in [0, 0.05) is 5.56 Å². The Labute approximate surface area is 164 Å². The van der Waals surface area contributed by atoms with Crippen LogP contribution in [0.5, 0.6) is 5.75 Å². The predicted molar refractivity (Wildman–Crippen MR) is 109 cm³/mol. The van der Waals surface area contributed by atoms with Gasteiger partial charge in [-0.2, -0.15) is 0 Å². The monoisotopic (exact) mass is 374 g/mol. The molecule has 0 spiro atoms. The van der Waals surface area contributed by atoms with Gasteiger partial charge in [0.25, 0.3) is 5.91 Å². The van der Waals surface area contributed by atoms with Gasteiger partial charge in [0.05, 0.1) is 6.42 Å². The zero-order valence-corrected chi connectivity index (χ0v) is 15.6. The molecule has 0 fully saturated rings. The van der Waals surface area contributed by atoms with Crippen molar-refractivity contribution < 1.29 is 14.3 Å². The number of aryl methyl sites for hydroxylation is 1. The number of hydrogen-bond acceptors (Lipinski definition) is 3. The molecule has 3 aromatic rings. The summed E-state index contributed by atoms with van der Waals surface area (Å²) in [5.74, 6) is -0.108. The molecule has 5 nitrogen and oxygen atoms in total. The van der Waals surface area contributed by atoms with Crippen LogP contribution >= 0.6 is 0 Å². The lowest BCUT2D eigenvalue weighted by Gasteiger charge is -2.12. The third-order valence-corrected chi connectivity index (χ3v) is 4.28. The van der Waals surface area contributed by atoms with Gasteiger partial charge in [-0.25, -0.2) is 0 Å². The molecule has 0 bridgehead atoms. The number of para-hydroxylation sites is 1. The van der Waals surface area contributed by atoms with E-state index in [0.717, 1.165) is 22.3 Å². The summed E-state index contributed by atoms with van der Waals surface area (Å²) in [6.07, 6.45) is 0.199. The molecule has 142 valence electrons. The topological polar surface area (TPSA) is 67.4 Å². The van der Waals surface area contributed by atoms with E-state index >= 15 is 0 Å². The molecule has 0 aromatic heterocycles. The zero-order valence-electron chi connectivity index (χ0n) is 15.6. The Morgan fingerprint density at radius 3 is 2.21 bits per heavy atom. The minimum absolute atomic E-state index is 0.199. The van der Waals surface area contributed by atoms with Crippen LogP contribution in [0.15, 0.2) is 78.9 Å². The van der Waals surface area contributed by atoms with Crippen molar-refractivity contribution >= 4 is 11.8 Å². The smallest absolute Gasteiger partial charge is 0.276 e. The number of hydrazine groups is 1. The molecule has 5 heteroatoms. The van der Waals surface area contributed by atoms with Gasteiger partial charge in [-0.15, -0.1) is 0 Å². The summed E-state index contributed by atoms with van der Waals surface area (Å²) in [7, 11) is 0. The molecule has 0 saturated carbocycles. The molecule has 0 radical (unpaired) electrons. The molecule has 0 unspecified atom stereocenters. The van der Waals surface area contributed by atoms with Gasteiger partial charge >= 0.3 is 0 Å². The zero-order chi connectivity index (χ0) is 19.8. The summed E-state index contributed by atoms with van der Waals surface area (Å²) in [6, 6.07) is 25.0. The maximum Gasteiger partial charge on any atom is 0.276 e. The molecule has 2 amide bonds. The van der Waals surface area contributed by atoms with Crippen molar-refractivity contribution in [2.45, 2.75) is 13.3 Å². The fourth-order valence-electron chi connectivity index (χ4n) is 2.79. The Hall–Kier alpha value is -3.60. The third-order valence-electron chi connectivity index (χ3n) is 4.28. The number of rotatable bonds is 6. The summed E-state index contributed by atoms with van der Waals surface area (Å²) in [5, 5.41) is 0. The summed E-state index contributed by atoms with van der Waals surface area (Å²) in [5.41, 5.74) is 8.67. The second-order valence-electron chi connectivity index (χ2n) is 6.35. The number of benzene rings is 3. The van der Waals surface area contributed by atoms with E-state index in [4.69, 9.17) is 4.74 Å². The molecular formula is C23H22N2O3. The molecule has 0 aliphatic rings. The highest BCUT2D eigenvalue weighted by Gasteiger charge is 2.10. The summed E-state index contributed by atoms with van der Waals surface area (Å²) < 4.78 is 5.66. The van der Waals surface area contributed by atoms with Crippen LogP contribution in [-0.4, -0.2) is 18.4 Å². The first kappa shape index (κ1) is 19.2. The van der Waals surface area contributed by atoms with Gasteiger partial charge in [0.1, 0.15) is 5.75 Å². The molecule has 0 aliphatic heterocycles. The molecule has 3 rings (SSSR count). The Bertz CT molecular complexity index is 955. The SMILES string of the molecule is Cc1ccccc1CC(=O)NNC(=O)COc1ccccc1-c1ccccc1. The summed E-state index contributed by atoms with van der Waals surface area (Å²) in [6.45, 7) is 1.74. The Morgan fingerprint density at radius 1 is 0.786 bits per heavy atom. The van der Waals surface area contributed by atoms with Crippen molar-refractivity contribution in [2.24, 2.45) is 0 Å². The average Bonchev–Trinajstić information content (AvgIpc) is 2.73. The van der Waals surface area contributed by atoms with Crippen molar-refractivity contribution in [3.05, 3.63) is 90.0 Å².